The van der Waals surface area contributed by atoms with E-state index in [4.69, 9.17) is 5.41 Å². The van der Waals surface area contributed by atoms with Gasteiger partial charge in [0, 0.05) is 29.2 Å². The van der Waals surface area contributed by atoms with Crippen LogP contribution in [0.3, 0.4) is 0 Å². The highest BCUT2D eigenvalue weighted by molar-refractivity contribution is 6.14. The number of rotatable bonds is 6. The normalized spacial score (nSPS) is 10.2. The number of aldehydes is 1. The van der Waals surface area contributed by atoms with Crippen molar-refractivity contribution in [3.05, 3.63) is 53.9 Å². The predicted octanol–water partition coefficient (Wildman–Crippen LogP) is 3.15. The molecule has 0 atom stereocenters. The highest BCUT2D eigenvalue weighted by atomic mass is 19.1. The summed E-state index contributed by atoms with van der Waals surface area (Å²) < 4.78 is 15.0. The monoisotopic (exact) mass is 312 g/mol. The smallest absolute Gasteiger partial charge is 0.142 e. The molecule has 5 nitrogen and oxygen atoms in total. The molecule has 0 unspecified atom stereocenters. The van der Waals surface area contributed by atoms with Crippen LogP contribution in [0.5, 0.6) is 0 Å². The van der Waals surface area contributed by atoms with Crippen molar-refractivity contribution in [3.8, 4) is 11.1 Å². The Labute approximate surface area is 133 Å². The van der Waals surface area contributed by atoms with E-state index < -0.39 is 5.82 Å². The first-order chi connectivity index (χ1) is 11.0. The van der Waals surface area contributed by atoms with Gasteiger partial charge in [-0.05, 0) is 31.6 Å². The molecule has 1 heterocycles. The quantitative estimate of drug-likeness (QED) is 0.634. The fourth-order valence-electron chi connectivity index (χ4n) is 2.09. The molecule has 23 heavy (non-hydrogen) atoms. The average molecular weight is 312 g/mol. The third-order valence-electron chi connectivity index (χ3n) is 3.29. The highest BCUT2D eigenvalue weighted by Gasteiger charge is 2.19. The Bertz CT molecular complexity index is 769. The lowest BCUT2D eigenvalue weighted by atomic mass is 9.97. The molecule has 0 amide bonds. The topological polar surface area (TPSA) is 78.7 Å². The number of hydrogen-bond donors (Lipinski definition) is 2. The third-order valence-corrected chi connectivity index (χ3v) is 3.29. The summed E-state index contributed by atoms with van der Waals surface area (Å²) in [6.45, 7) is 7.10. The summed E-state index contributed by atoms with van der Waals surface area (Å²) in [5, 5.41) is 10.9. The highest BCUT2D eigenvalue weighted by Crippen LogP contribution is 2.30. The number of carbonyl (C=O) groups is 1. The van der Waals surface area contributed by atoms with Crippen LogP contribution in [0.15, 0.2) is 36.7 Å². The van der Waals surface area contributed by atoms with Crippen LogP contribution in [0.1, 0.15) is 18.3 Å². The number of allylic oxidation sites excluding steroid dienone is 1. The lowest BCUT2D eigenvalue weighted by molar-refractivity contribution is -0.106. The molecule has 0 aliphatic rings. The molecule has 0 spiro atoms. The van der Waals surface area contributed by atoms with Gasteiger partial charge in [-0.1, -0.05) is 6.58 Å². The Hall–Kier alpha value is -2.89. The average Bonchev–Trinajstić information content (AvgIpc) is 2.53. The molecular formula is C17H17FN4O. The second kappa shape index (κ2) is 6.91. The van der Waals surface area contributed by atoms with Crippen LogP contribution in [0.25, 0.3) is 11.1 Å². The van der Waals surface area contributed by atoms with Gasteiger partial charge in [-0.25, -0.2) is 14.4 Å². The second-order valence-corrected chi connectivity index (χ2v) is 5.07. The van der Waals surface area contributed by atoms with Gasteiger partial charge in [0.2, 0.25) is 0 Å². The number of nitrogens with zero attached hydrogens (tertiary/aromatic N) is 2. The van der Waals surface area contributed by atoms with Gasteiger partial charge in [-0.15, -0.1) is 0 Å². The van der Waals surface area contributed by atoms with Gasteiger partial charge in [0.15, 0.2) is 0 Å². The van der Waals surface area contributed by atoms with Crippen molar-refractivity contribution in [2.45, 2.75) is 13.8 Å². The molecule has 1 aromatic carbocycles. The maximum atomic E-state index is 15.0. The van der Waals surface area contributed by atoms with E-state index >= 15 is 0 Å². The standard InChI is InChI=1S/C17H17FN4O/c1-10(2)17(19)15-14(20-6-7-23)5-4-13(16(15)18)12-8-21-11(3)22-9-12/h4-5,7-9,19-20H,1,6H2,2-3H3. The molecule has 6 heteroatoms. The molecule has 2 N–H and O–H groups in total. The second-order valence-electron chi connectivity index (χ2n) is 5.07. The minimum absolute atomic E-state index is 0.0224. The Morgan fingerprint density at radius 2 is 2.04 bits per heavy atom. The summed E-state index contributed by atoms with van der Waals surface area (Å²) in [4.78, 5) is 18.7. The lowest BCUT2D eigenvalue weighted by Gasteiger charge is -2.15. The summed E-state index contributed by atoms with van der Waals surface area (Å²) in [6, 6.07) is 3.21. The first-order valence-corrected chi connectivity index (χ1v) is 6.99. The van der Waals surface area contributed by atoms with E-state index in [2.05, 4.69) is 21.9 Å². The maximum absolute atomic E-state index is 15.0. The molecule has 2 aromatic rings. The number of anilines is 1. The molecule has 118 valence electrons. The minimum atomic E-state index is -0.568. The maximum Gasteiger partial charge on any atom is 0.142 e. The Kier molecular flexibility index (Phi) is 4.95. The van der Waals surface area contributed by atoms with Crippen LogP contribution in [-0.4, -0.2) is 28.5 Å². The van der Waals surface area contributed by atoms with Gasteiger partial charge in [0.1, 0.15) is 17.9 Å². The molecule has 0 aliphatic heterocycles. The molecule has 0 radical (unpaired) electrons. The summed E-state index contributed by atoms with van der Waals surface area (Å²) in [5.41, 5.74) is 1.67. The van der Waals surface area contributed by atoms with Gasteiger partial charge in [0.25, 0.3) is 0 Å². The van der Waals surface area contributed by atoms with Crippen molar-refractivity contribution in [3.63, 3.8) is 0 Å². The van der Waals surface area contributed by atoms with Crippen LogP contribution >= 0.6 is 0 Å². The molecule has 0 aliphatic carbocycles. The van der Waals surface area contributed by atoms with Crippen molar-refractivity contribution in [2.24, 2.45) is 0 Å². The fraction of sp³-hybridized carbons (Fsp3) is 0.176. The van der Waals surface area contributed by atoms with Crippen LogP contribution in [0.2, 0.25) is 0 Å². The number of aryl methyl sites for hydroxylation is 1. The minimum Gasteiger partial charge on any atom is -0.378 e. The molecular weight excluding hydrogens is 295 g/mol. The molecule has 2 rings (SSSR count). The predicted molar refractivity (Wildman–Crippen MR) is 88.4 cm³/mol. The first kappa shape index (κ1) is 16.5. The lowest BCUT2D eigenvalue weighted by Crippen LogP contribution is -2.12. The largest absolute Gasteiger partial charge is 0.378 e. The van der Waals surface area contributed by atoms with Crippen LogP contribution in [0.4, 0.5) is 10.1 Å². The molecule has 0 bridgehead atoms. The Morgan fingerprint density at radius 3 is 2.61 bits per heavy atom. The van der Waals surface area contributed by atoms with E-state index in [1.54, 1.807) is 26.0 Å². The van der Waals surface area contributed by atoms with E-state index in [1.807, 2.05) is 0 Å². The van der Waals surface area contributed by atoms with Gasteiger partial charge >= 0.3 is 0 Å². The number of aromatic nitrogens is 2. The number of nitrogens with one attached hydrogen (secondary N) is 2. The number of hydrogen-bond acceptors (Lipinski definition) is 5. The van der Waals surface area contributed by atoms with Crippen molar-refractivity contribution >= 4 is 17.7 Å². The molecule has 0 saturated heterocycles. The van der Waals surface area contributed by atoms with E-state index in [9.17, 15) is 9.18 Å². The zero-order valence-electron chi connectivity index (χ0n) is 13.0. The molecule has 1 aromatic heterocycles. The van der Waals surface area contributed by atoms with Crippen molar-refractivity contribution < 1.29 is 9.18 Å². The van der Waals surface area contributed by atoms with Gasteiger partial charge in [0.05, 0.1) is 17.8 Å². The van der Waals surface area contributed by atoms with Crippen LogP contribution in [0, 0.1) is 18.2 Å². The summed E-state index contributed by atoms with van der Waals surface area (Å²) in [6.07, 6.45) is 3.74. The number of carbonyl (C=O) groups excluding carboxylic acids is 1. The molecule has 0 fully saturated rings. The molecule has 0 saturated carbocycles. The SMILES string of the molecule is C=C(C)C(=N)c1c(NCC=O)ccc(-c2cnc(C)nc2)c1F. The van der Waals surface area contributed by atoms with Crippen molar-refractivity contribution in [1.29, 1.82) is 5.41 Å². The number of halogens is 1. The van der Waals surface area contributed by atoms with E-state index in [0.29, 0.717) is 34.5 Å². The first-order valence-electron chi connectivity index (χ1n) is 6.99. The van der Waals surface area contributed by atoms with Gasteiger partial charge < -0.3 is 10.1 Å². The Morgan fingerprint density at radius 1 is 1.39 bits per heavy atom. The van der Waals surface area contributed by atoms with Crippen molar-refractivity contribution in [1.82, 2.24) is 9.97 Å². The fourth-order valence-corrected chi connectivity index (χ4v) is 2.09. The Balaban J connectivity index is 2.60. The summed E-state index contributed by atoms with van der Waals surface area (Å²) >= 11 is 0. The van der Waals surface area contributed by atoms with Gasteiger partial charge in [-0.2, -0.15) is 0 Å². The van der Waals surface area contributed by atoms with Crippen LogP contribution < -0.4 is 5.32 Å². The van der Waals surface area contributed by atoms with E-state index in [1.165, 1.54) is 12.4 Å². The zero-order valence-corrected chi connectivity index (χ0v) is 13.0. The third kappa shape index (κ3) is 3.48. The summed E-state index contributed by atoms with van der Waals surface area (Å²) in [7, 11) is 0. The van der Waals surface area contributed by atoms with E-state index in [0.717, 1.165) is 0 Å². The van der Waals surface area contributed by atoms with Crippen molar-refractivity contribution in [2.75, 3.05) is 11.9 Å². The summed E-state index contributed by atoms with van der Waals surface area (Å²) in [5.74, 6) is 0.0229. The number of benzene rings is 1. The zero-order chi connectivity index (χ0) is 17.0. The van der Waals surface area contributed by atoms with Crippen LogP contribution in [-0.2, 0) is 4.79 Å². The van der Waals surface area contributed by atoms with Gasteiger partial charge in [-0.3, -0.25) is 5.41 Å². The van der Waals surface area contributed by atoms with E-state index in [-0.39, 0.29) is 17.8 Å².